The molecule has 0 radical (unpaired) electrons. The summed E-state index contributed by atoms with van der Waals surface area (Å²) in [5.74, 6) is -42.4. The molecule has 2 atom stereocenters. The van der Waals surface area contributed by atoms with E-state index in [2.05, 4.69) is 14.2 Å². The molecule has 0 aromatic heterocycles. The van der Waals surface area contributed by atoms with E-state index in [0.29, 0.717) is 13.8 Å². The Morgan fingerprint density at radius 2 is 0.676 bits per heavy atom. The predicted molar refractivity (Wildman–Crippen MR) is 83.4 cm³/mol. The van der Waals surface area contributed by atoms with Gasteiger partial charge >= 0.3 is 47.9 Å². The molecule has 0 spiro atoms. The normalized spacial score (nSPS) is 17.2. The second-order valence-corrected chi connectivity index (χ2v) is 6.96. The minimum Gasteiger partial charge on any atom is -0.376 e. The van der Waals surface area contributed by atoms with Crippen molar-refractivity contribution >= 4 is 0 Å². The Hall–Kier alpha value is -1.38. The lowest BCUT2D eigenvalue weighted by atomic mass is 9.98. The van der Waals surface area contributed by atoms with Crippen molar-refractivity contribution in [2.45, 2.75) is 73.9 Å². The molecule has 0 amide bonds. The molecule has 0 rings (SSSR count). The summed E-state index contributed by atoms with van der Waals surface area (Å²) in [6.07, 6.45) is -22.2. The van der Waals surface area contributed by atoms with Gasteiger partial charge in [-0.2, -0.15) is 79.0 Å². The van der Waals surface area contributed by atoms with Crippen molar-refractivity contribution in [2.24, 2.45) is 0 Å². The van der Waals surface area contributed by atoms with Crippen LogP contribution in [0.2, 0.25) is 0 Å². The first-order valence-electron chi connectivity index (χ1n) is 9.34. The van der Waals surface area contributed by atoms with Gasteiger partial charge in [-0.15, -0.1) is 0 Å². The van der Waals surface area contributed by atoms with E-state index in [4.69, 9.17) is 0 Å². The highest BCUT2D eigenvalue weighted by molar-refractivity contribution is 5.05. The third-order valence-electron chi connectivity index (χ3n) is 4.42. The van der Waals surface area contributed by atoms with Crippen LogP contribution >= 0.6 is 0 Å². The first-order valence-corrected chi connectivity index (χ1v) is 9.34. The number of alkyl halides is 18. The maximum atomic E-state index is 14.0. The maximum absolute atomic E-state index is 14.0. The summed E-state index contributed by atoms with van der Waals surface area (Å²) in [6, 6.07) is 0. The van der Waals surface area contributed by atoms with Crippen LogP contribution in [-0.2, 0) is 14.2 Å². The molecule has 224 valence electrons. The molecule has 0 aromatic carbocycles. The zero-order valence-corrected chi connectivity index (χ0v) is 18.0. The largest absolute Gasteiger partial charge is 0.460 e. The molecule has 37 heavy (non-hydrogen) atoms. The zero-order valence-electron chi connectivity index (χ0n) is 18.0. The monoisotopic (exact) mass is 598 g/mol. The van der Waals surface area contributed by atoms with Crippen molar-refractivity contribution < 1.29 is 93.2 Å². The lowest BCUT2D eigenvalue weighted by Gasteiger charge is -2.38. The van der Waals surface area contributed by atoms with Gasteiger partial charge in [-0.1, -0.05) is 0 Å². The molecule has 0 saturated carbocycles. The Morgan fingerprint density at radius 1 is 0.432 bits per heavy atom. The quantitative estimate of drug-likeness (QED) is 0.207. The Bertz CT molecular complexity index is 669. The Balaban J connectivity index is 6.06. The number of halogens is 18. The SMILES string of the molecule is CCOC(COCC(OCC)C(F)(F)C(F)(F)C(F)(F)C(F)(F)F)C(F)(F)C(F)(F)C(F)(F)C(F)(F)F. The molecule has 0 aliphatic rings. The smallest absolute Gasteiger partial charge is 0.376 e. The fourth-order valence-electron chi connectivity index (χ4n) is 2.38. The highest BCUT2D eigenvalue weighted by Gasteiger charge is 2.84. The van der Waals surface area contributed by atoms with Crippen molar-refractivity contribution in [2.75, 3.05) is 26.4 Å². The highest BCUT2D eigenvalue weighted by atomic mass is 19.4. The van der Waals surface area contributed by atoms with Gasteiger partial charge in [0.2, 0.25) is 0 Å². The molecular weight excluding hydrogens is 582 g/mol. The Kier molecular flexibility index (Phi) is 10.6. The summed E-state index contributed by atoms with van der Waals surface area (Å²) in [6.45, 7) is -5.63. The van der Waals surface area contributed by atoms with E-state index >= 15 is 0 Å². The van der Waals surface area contributed by atoms with E-state index in [-0.39, 0.29) is 0 Å². The van der Waals surface area contributed by atoms with E-state index < -0.39 is 86.5 Å². The summed E-state index contributed by atoms with van der Waals surface area (Å²) in [7, 11) is 0. The van der Waals surface area contributed by atoms with Crippen molar-refractivity contribution in [3.63, 3.8) is 0 Å². The Labute approximate surface area is 195 Å². The van der Waals surface area contributed by atoms with Gasteiger partial charge in [-0.3, -0.25) is 0 Å². The third-order valence-corrected chi connectivity index (χ3v) is 4.42. The summed E-state index contributed by atoms with van der Waals surface area (Å²) >= 11 is 0. The maximum Gasteiger partial charge on any atom is 0.460 e. The average molecular weight is 598 g/mol. The van der Waals surface area contributed by atoms with E-state index in [9.17, 15) is 79.0 Å². The zero-order chi connectivity index (χ0) is 30.1. The van der Waals surface area contributed by atoms with Gasteiger partial charge < -0.3 is 14.2 Å². The average Bonchev–Trinajstić information content (AvgIpc) is 2.69. The molecule has 0 aromatic rings. The number of hydrogen-bond donors (Lipinski definition) is 0. The topological polar surface area (TPSA) is 27.7 Å². The van der Waals surface area contributed by atoms with Gasteiger partial charge in [-0.05, 0) is 13.8 Å². The summed E-state index contributed by atoms with van der Waals surface area (Å²) in [5, 5.41) is 0. The second kappa shape index (κ2) is 11.0. The van der Waals surface area contributed by atoms with E-state index in [1.165, 1.54) is 0 Å². The molecule has 0 saturated heterocycles. The number of hydrogen-bond acceptors (Lipinski definition) is 3. The van der Waals surface area contributed by atoms with Gasteiger partial charge in [0.25, 0.3) is 0 Å². The van der Waals surface area contributed by atoms with Crippen LogP contribution in [0.4, 0.5) is 79.0 Å². The number of ether oxygens (including phenoxy) is 3. The minimum atomic E-state index is -7.41. The first-order chi connectivity index (χ1) is 16.1. The van der Waals surface area contributed by atoms with E-state index in [1.54, 1.807) is 0 Å². The fourth-order valence-corrected chi connectivity index (χ4v) is 2.38. The summed E-state index contributed by atoms with van der Waals surface area (Å²) < 4.78 is 247. The van der Waals surface area contributed by atoms with Crippen LogP contribution in [-0.4, -0.2) is 86.5 Å². The van der Waals surface area contributed by atoms with Gasteiger partial charge in [-0.25, -0.2) is 0 Å². The van der Waals surface area contributed by atoms with Crippen LogP contribution in [0, 0.1) is 0 Å². The highest BCUT2D eigenvalue weighted by Crippen LogP contribution is 2.56. The van der Waals surface area contributed by atoms with Crippen LogP contribution in [0.1, 0.15) is 13.8 Å². The molecule has 2 unspecified atom stereocenters. The van der Waals surface area contributed by atoms with Crippen molar-refractivity contribution in [3.05, 3.63) is 0 Å². The van der Waals surface area contributed by atoms with Crippen LogP contribution in [0.3, 0.4) is 0 Å². The van der Waals surface area contributed by atoms with Crippen molar-refractivity contribution in [1.29, 1.82) is 0 Å². The lowest BCUT2D eigenvalue weighted by Crippen LogP contribution is -2.66. The predicted octanol–water partition coefficient (Wildman–Crippen LogP) is 6.75. The van der Waals surface area contributed by atoms with Gasteiger partial charge in [0.1, 0.15) is 0 Å². The molecule has 0 aliphatic heterocycles. The minimum absolute atomic E-state index is 0.694. The van der Waals surface area contributed by atoms with Crippen LogP contribution in [0.15, 0.2) is 0 Å². The number of rotatable bonds is 14. The van der Waals surface area contributed by atoms with Crippen molar-refractivity contribution in [1.82, 2.24) is 0 Å². The van der Waals surface area contributed by atoms with Crippen LogP contribution < -0.4 is 0 Å². The van der Waals surface area contributed by atoms with Crippen LogP contribution in [0.25, 0.3) is 0 Å². The molecule has 0 heterocycles. The molecule has 21 heteroatoms. The summed E-state index contributed by atoms with van der Waals surface area (Å²) in [4.78, 5) is 0. The lowest BCUT2D eigenvalue weighted by molar-refractivity contribution is -0.411. The molecule has 0 fully saturated rings. The van der Waals surface area contributed by atoms with Gasteiger partial charge in [0, 0.05) is 13.2 Å². The molecule has 0 N–H and O–H groups in total. The molecule has 3 nitrogen and oxygen atoms in total. The van der Waals surface area contributed by atoms with Crippen molar-refractivity contribution in [3.8, 4) is 0 Å². The van der Waals surface area contributed by atoms with Gasteiger partial charge in [0.15, 0.2) is 12.2 Å². The van der Waals surface area contributed by atoms with Gasteiger partial charge in [0.05, 0.1) is 13.2 Å². The molecular formula is C16H16F18O3. The summed E-state index contributed by atoms with van der Waals surface area (Å²) in [5.41, 5.74) is 0. The van der Waals surface area contributed by atoms with E-state index in [1.807, 2.05) is 0 Å². The molecule has 0 aliphatic carbocycles. The first kappa shape index (κ1) is 35.6. The van der Waals surface area contributed by atoms with Crippen LogP contribution in [0.5, 0.6) is 0 Å². The second-order valence-electron chi connectivity index (χ2n) is 6.96. The standard InChI is InChI=1S/C16H16F18O3/c1-3-36-7(9(17,18)11(21,22)13(25,26)15(29,30)31)5-35-6-8(37-4-2)10(19,20)12(23,24)14(27,28)16(32,33)34/h7-8H,3-6H2,1-2H3. The Morgan fingerprint density at radius 3 is 0.865 bits per heavy atom. The van der Waals surface area contributed by atoms with E-state index in [0.717, 1.165) is 0 Å². The fraction of sp³-hybridized carbons (Fsp3) is 1.00. The third kappa shape index (κ3) is 6.27. The molecule has 0 bridgehead atoms.